The highest BCUT2D eigenvalue weighted by atomic mass is 35.5. The summed E-state index contributed by atoms with van der Waals surface area (Å²) in [7, 11) is -3.44. The van der Waals surface area contributed by atoms with Gasteiger partial charge in [-0.2, -0.15) is 4.98 Å². The third-order valence-corrected chi connectivity index (χ3v) is 6.62. The molecule has 2 aromatic rings. The van der Waals surface area contributed by atoms with Gasteiger partial charge in [0.25, 0.3) is 5.89 Å². The lowest BCUT2D eigenvalue weighted by molar-refractivity contribution is 0.372. The number of aromatic nitrogens is 2. The van der Waals surface area contributed by atoms with Gasteiger partial charge in [0.2, 0.25) is 0 Å². The van der Waals surface area contributed by atoms with Crippen LogP contribution in [0.25, 0.3) is 11.5 Å². The molecule has 8 heteroatoms. The first-order chi connectivity index (χ1) is 10.8. The first-order valence-electron chi connectivity index (χ1n) is 7.81. The summed E-state index contributed by atoms with van der Waals surface area (Å²) in [6.45, 7) is 3.30. The van der Waals surface area contributed by atoms with E-state index in [1.807, 2.05) is 0 Å². The number of sulfone groups is 1. The predicted molar refractivity (Wildman–Crippen MR) is 93.6 cm³/mol. The zero-order valence-electron chi connectivity index (χ0n) is 13.7. The minimum atomic E-state index is -3.44. The molecule has 0 atom stereocenters. The molecule has 132 valence electrons. The second kappa shape index (κ2) is 6.82. The van der Waals surface area contributed by atoms with Gasteiger partial charge in [0.15, 0.2) is 15.7 Å². The molecule has 1 aliphatic carbocycles. The summed E-state index contributed by atoms with van der Waals surface area (Å²) in [4.78, 5) is 4.61. The molecule has 6 nitrogen and oxygen atoms in total. The summed E-state index contributed by atoms with van der Waals surface area (Å²) in [5, 5.41) is 3.48. The number of nitrogens with two attached hydrogens (primary N) is 1. The van der Waals surface area contributed by atoms with Gasteiger partial charge in [0.05, 0.1) is 21.2 Å². The third-order valence-electron chi connectivity index (χ3n) is 4.41. The molecule has 1 aromatic carbocycles. The molecular formula is C16H22ClN3O3S. The standard InChI is InChI=1S/C16H21N3O3S.ClH/c1-11(2)23(20,21)13-8-4-3-7-12(13)14-18-15(19-22-14)16(17)9-5-6-10-16;/h3-4,7-8,11H,5-6,9-10,17H2,1-2H3;1H. The van der Waals surface area contributed by atoms with Crippen molar-refractivity contribution < 1.29 is 12.9 Å². The van der Waals surface area contributed by atoms with E-state index in [4.69, 9.17) is 10.3 Å². The van der Waals surface area contributed by atoms with Crippen molar-refractivity contribution in [3.05, 3.63) is 30.1 Å². The van der Waals surface area contributed by atoms with Gasteiger partial charge in [0.1, 0.15) is 0 Å². The lowest BCUT2D eigenvalue weighted by Gasteiger charge is -2.17. The third kappa shape index (κ3) is 3.20. The van der Waals surface area contributed by atoms with Gasteiger partial charge < -0.3 is 10.3 Å². The molecule has 0 unspecified atom stereocenters. The SMILES string of the molecule is CC(C)S(=O)(=O)c1ccccc1-c1nc(C2(N)CCCC2)no1.Cl. The minimum absolute atomic E-state index is 0. The van der Waals surface area contributed by atoms with Gasteiger partial charge in [-0.25, -0.2) is 8.42 Å². The number of rotatable bonds is 4. The molecule has 1 fully saturated rings. The van der Waals surface area contributed by atoms with Crippen LogP contribution in [-0.4, -0.2) is 23.8 Å². The van der Waals surface area contributed by atoms with Crippen LogP contribution in [0.2, 0.25) is 0 Å². The predicted octanol–water partition coefficient (Wildman–Crippen LogP) is 3.07. The fraction of sp³-hybridized carbons (Fsp3) is 0.500. The number of hydrogen-bond donors (Lipinski definition) is 1. The maximum absolute atomic E-state index is 12.5. The number of halogens is 1. The maximum Gasteiger partial charge on any atom is 0.259 e. The van der Waals surface area contributed by atoms with Gasteiger partial charge in [0, 0.05) is 0 Å². The Hall–Kier alpha value is -1.44. The highest BCUT2D eigenvalue weighted by Gasteiger charge is 2.36. The van der Waals surface area contributed by atoms with E-state index in [0.29, 0.717) is 11.4 Å². The van der Waals surface area contributed by atoms with Crippen molar-refractivity contribution in [3.63, 3.8) is 0 Å². The van der Waals surface area contributed by atoms with Gasteiger partial charge in [-0.3, -0.25) is 0 Å². The largest absolute Gasteiger partial charge is 0.334 e. The topological polar surface area (TPSA) is 99.1 Å². The smallest absolute Gasteiger partial charge is 0.259 e. The Bertz CT molecular complexity index is 811. The molecule has 0 saturated heterocycles. The Morgan fingerprint density at radius 1 is 1.21 bits per heavy atom. The molecule has 1 aliphatic rings. The zero-order chi connectivity index (χ0) is 16.7. The van der Waals surface area contributed by atoms with E-state index in [-0.39, 0.29) is 23.2 Å². The maximum atomic E-state index is 12.5. The van der Waals surface area contributed by atoms with Gasteiger partial charge in [-0.05, 0) is 38.8 Å². The van der Waals surface area contributed by atoms with E-state index in [1.165, 1.54) is 0 Å². The van der Waals surface area contributed by atoms with E-state index in [0.717, 1.165) is 25.7 Å². The fourth-order valence-electron chi connectivity index (χ4n) is 2.91. The lowest BCUT2D eigenvalue weighted by Crippen LogP contribution is -2.34. The quantitative estimate of drug-likeness (QED) is 0.886. The molecule has 24 heavy (non-hydrogen) atoms. The van der Waals surface area contributed by atoms with E-state index < -0.39 is 20.6 Å². The van der Waals surface area contributed by atoms with Crippen LogP contribution in [0, 0.1) is 0 Å². The highest BCUT2D eigenvalue weighted by molar-refractivity contribution is 7.92. The molecule has 1 heterocycles. The Balaban J connectivity index is 0.00000208. The van der Waals surface area contributed by atoms with Crippen molar-refractivity contribution in [1.29, 1.82) is 0 Å². The first kappa shape index (κ1) is 18.9. The van der Waals surface area contributed by atoms with Crippen LogP contribution in [0.15, 0.2) is 33.7 Å². The van der Waals surface area contributed by atoms with Crippen LogP contribution in [0.1, 0.15) is 45.4 Å². The molecular weight excluding hydrogens is 350 g/mol. The molecule has 0 aliphatic heterocycles. The molecule has 0 amide bonds. The van der Waals surface area contributed by atoms with E-state index in [1.54, 1.807) is 38.1 Å². The van der Waals surface area contributed by atoms with Crippen molar-refractivity contribution in [1.82, 2.24) is 10.1 Å². The number of hydrogen-bond acceptors (Lipinski definition) is 6. The minimum Gasteiger partial charge on any atom is -0.334 e. The summed E-state index contributed by atoms with van der Waals surface area (Å²) in [5.41, 5.74) is 6.21. The van der Waals surface area contributed by atoms with Crippen LogP contribution in [0.4, 0.5) is 0 Å². The Labute approximate surface area is 148 Å². The van der Waals surface area contributed by atoms with Crippen LogP contribution in [0.3, 0.4) is 0 Å². The molecule has 1 saturated carbocycles. The van der Waals surface area contributed by atoms with Gasteiger partial charge >= 0.3 is 0 Å². The summed E-state index contributed by atoms with van der Waals surface area (Å²) in [6.07, 6.45) is 3.72. The molecule has 0 bridgehead atoms. The van der Waals surface area contributed by atoms with Gasteiger partial charge in [-0.15, -0.1) is 12.4 Å². The van der Waals surface area contributed by atoms with Crippen LogP contribution in [-0.2, 0) is 15.4 Å². The highest BCUT2D eigenvalue weighted by Crippen LogP contribution is 2.36. The van der Waals surface area contributed by atoms with E-state index >= 15 is 0 Å². The van der Waals surface area contributed by atoms with Crippen LogP contribution < -0.4 is 5.73 Å². The van der Waals surface area contributed by atoms with Crippen molar-refractivity contribution in [2.45, 2.75) is 55.2 Å². The average Bonchev–Trinajstić information content (AvgIpc) is 3.17. The van der Waals surface area contributed by atoms with E-state index in [2.05, 4.69) is 10.1 Å². The molecule has 1 aromatic heterocycles. The Morgan fingerprint density at radius 3 is 2.46 bits per heavy atom. The van der Waals surface area contributed by atoms with Gasteiger partial charge in [-0.1, -0.05) is 30.1 Å². The summed E-state index contributed by atoms with van der Waals surface area (Å²) in [5.74, 6) is 0.665. The Kier molecular flexibility index (Phi) is 5.37. The van der Waals surface area contributed by atoms with Crippen molar-refractivity contribution in [2.24, 2.45) is 5.73 Å². The molecule has 2 N–H and O–H groups in total. The summed E-state index contributed by atoms with van der Waals surface area (Å²) in [6, 6.07) is 6.70. The first-order valence-corrected chi connectivity index (χ1v) is 9.35. The van der Waals surface area contributed by atoms with Crippen molar-refractivity contribution in [2.75, 3.05) is 0 Å². The van der Waals surface area contributed by atoms with Crippen molar-refractivity contribution >= 4 is 22.2 Å². The normalized spacial score (nSPS) is 17.0. The Morgan fingerprint density at radius 2 is 1.83 bits per heavy atom. The second-order valence-corrected chi connectivity index (χ2v) is 8.85. The van der Waals surface area contributed by atoms with Crippen molar-refractivity contribution in [3.8, 4) is 11.5 Å². The number of benzene rings is 1. The summed E-state index contributed by atoms with van der Waals surface area (Å²) < 4.78 is 30.4. The lowest BCUT2D eigenvalue weighted by atomic mass is 9.99. The zero-order valence-corrected chi connectivity index (χ0v) is 15.4. The average molecular weight is 372 g/mol. The van der Waals surface area contributed by atoms with Crippen LogP contribution in [0.5, 0.6) is 0 Å². The van der Waals surface area contributed by atoms with E-state index in [9.17, 15) is 8.42 Å². The molecule has 3 rings (SSSR count). The fourth-order valence-corrected chi connectivity index (χ4v) is 4.15. The van der Waals surface area contributed by atoms with Crippen LogP contribution >= 0.6 is 12.4 Å². The second-order valence-electron chi connectivity index (χ2n) is 6.38. The monoisotopic (exact) mass is 371 g/mol. The number of nitrogens with zero attached hydrogens (tertiary/aromatic N) is 2. The molecule has 0 spiro atoms. The molecule has 0 radical (unpaired) electrons. The summed E-state index contributed by atoms with van der Waals surface area (Å²) >= 11 is 0.